The smallest absolute Gasteiger partial charge is 0.252 e. The molecule has 0 saturated carbocycles. The van der Waals surface area contributed by atoms with Gasteiger partial charge in [-0.1, -0.05) is 6.07 Å². The van der Waals surface area contributed by atoms with Crippen molar-refractivity contribution in [3.63, 3.8) is 0 Å². The fraction of sp³-hybridized carbons (Fsp3) is 0.467. The van der Waals surface area contributed by atoms with Crippen molar-refractivity contribution in [2.45, 2.75) is 25.8 Å². The molecule has 1 fully saturated rings. The number of rotatable bonds is 2. The van der Waals surface area contributed by atoms with E-state index in [1.807, 2.05) is 43.3 Å². The van der Waals surface area contributed by atoms with Gasteiger partial charge in [0, 0.05) is 38.4 Å². The third kappa shape index (κ3) is 2.76. The lowest BCUT2D eigenvalue weighted by Crippen LogP contribution is -2.53. The molecule has 5 nitrogen and oxygen atoms in total. The maximum atomic E-state index is 12.6. The summed E-state index contributed by atoms with van der Waals surface area (Å²) in [5.41, 5.74) is 0.976. The molecule has 1 heterocycles. The van der Waals surface area contributed by atoms with E-state index in [0.29, 0.717) is 13.0 Å². The Morgan fingerprint density at radius 1 is 1.25 bits per heavy atom. The summed E-state index contributed by atoms with van der Waals surface area (Å²) in [7, 11) is 3.91. The van der Waals surface area contributed by atoms with Crippen molar-refractivity contribution in [2.75, 3.05) is 30.4 Å². The van der Waals surface area contributed by atoms with Crippen molar-refractivity contribution in [1.29, 1.82) is 0 Å². The number of hydrogen-bond acceptors (Lipinski definition) is 3. The number of hydrogen-bond donors (Lipinski definition) is 1. The van der Waals surface area contributed by atoms with Gasteiger partial charge in [0.25, 0.3) is 5.91 Å². The summed E-state index contributed by atoms with van der Waals surface area (Å²) < 4.78 is 0. The Morgan fingerprint density at radius 2 is 1.95 bits per heavy atom. The highest BCUT2D eigenvalue weighted by Crippen LogP contribution is 2.25. The maximum Gasteiger partial charge on any atom is 0.252 e. The molecule has 0 aliphatic carbocycles. The number of carbonyl (C=O) groups excluding carboxylic acids is 2. The summed E-state index contributed by atoms with van der Waals surface area (Å²) in [6.45, 7) is 3.88. The van der Waals surface area contributed by atoms with E-state index in [1.54, 1.807) is 18.7 Å². The molecule has 108 valence electrons. The van der Waals surface area contributed by atoms with Gasteiger partial charge in [-0.25, -0.2) is 0 Å². The molecule has 0 radical (unpaired) electrons. The lowest BCUT2D eigenvalue weighted by atomic mass is 10.0. The molecule has 1 saturated heterocycles. The fourth-order valence-electron chi connectivity index (χ4n) is 2.30. The molecular formula is C15H21N3O2. The minimum atomic E-state index is -0.873. The van der Waals surface area contributed by atoms with E-state index in [-0.39, 0.29) is 11.8 Å². The van der Waals surface area contributed by atoms with Crippen LogP contribution in [0, 0.1) is 0 Å². The first-order valence-corrected chi connectivity index (χ1v) is 6.71. The largest absolute Gasteiger partial charge is 0.378 e. The van der Waals surface area contributed by atoms with Gasteiger partial charge in [-0.3, -0.25) is 9.59 Å². The number of amides is 2. The molecule has 0 bridgehead atoms. The second-order valence-electron chi connectivity index (χ2n) is 5.79. The SMILES string of the molecule is CN(C)c1cccc(N2CCC(=O)NC(C)(C)C2=O)c1. The highest BCUT2D eigenvalue weighted by Gasteiger charge is 2.37. The van der Waals surface area contributed by atoms with E-state index in [2.05, 4.69) is 5.32 Å². The minimum Gasteiger partial charge on any atom is -0.378 e. The van der Waals surface area contributed by atoms with Gasteiger partial charge in [-0.2, -0.15) is 0 Å². The number of carbonyl (C=O) groups is 2. The minimum absolute atomic E-state index is 0.0840. The Balaban J connectivity index is 2.37. The average Bonchev–Trinajstić information content (AvgIpc) is 2.47. The Morgan fingerprint density at radius 3 is 2.60 bits per heavy atom. The molecule has 1 N–H and O–H groups in total. The van der Waals surface area contributed by atoms with E-state index in [4.69, 9.17) is 0 Å². The van der Waals surface area contributed by atoms with E-state index in [9.17, 15) is 9.59 Å². The predicted octanol–water partition coefficient (Wildman–Crippen LogP) is 1.38. The maximum absolute atomic E-state index is 12.6. The second-order valence-corrected chi connectivity index (χ2v) is 5.79. The topological polar surface area (TPSA) is 52.6 Å². The molecule has 0 aromatic heterocycles. The van der Waals surface area contributed by atoms with Crippen LogP contribution in [0.4, 0.5) is 11.4 Å². The first-order valence-electron chi connectivity index (χ1n) is 6.71. The van der Waals surface area contributed by atoms with Crippen LogP contribution in [0.25, 0.3) is 0 Å². The molecule has 20 heavy (non-hydrogen) atoms. The number of nitrogens with zero attached hydrogens (tertiary/aromatic N) is 2. The Bertz CT molecular complexity index is 538. The van der Waals surface area contributed by atoms with Crippen LogP contribution in [-0.2, 0) is 9.59 Å². The molecule has 1 aliphatic heterocycles. The summed E-state index contributed by atoms with van der Waals surface area (Å²) in [4.78, 5) is 28.0. The van der Waals surface area contributed by atoms with Crippen molar-refractivity contribution in [3.8, 4) is 0 Å². The zero-order valence-electron chi connectivity index (χ0n) is 12.4. The van der Waals surface area contributed by atoms with Gasteiger partial charge in [-0.05, 0) is 32.0 Å². The molecule has 2 amide bonds. The molecule has 1 aromatic carbocycles. The zero-order chi connectivity index (χ0) is 14.9. The quantitative estimate of drug-likeness (QED) is 0.887. The van der Waals surface area contributed by atoms with Crippen molar-refractivity contribution in [1.82, 2.24) is 5.32 Å². The number of benzene rings is 1. The van der Waals surface area contributed by atoms with Gasteiger partial charge in [0.15, 0.2) is 0 Å². The molecular weight excluding hydrogens is 254 g/mol. The molecule has 1 aliphatic rings. The molecule has 2 rings (SSSR count). The van der Waals surface area contributed by atoms with Crippen LogP contribution >= 0.6 is 0 Å². The summed E-state index contributed by atoms with van der Waals surface area (Å²) >= 11 is 0. The monoisotopic (exact) mass is 275 g/mol. The summed E-state index contributed by atoms with van der Waals surface area (Å²) in [5, 5.41) is 2.76. The van der Waals surface area contributed by atoms with Gasteiger partial charge in [-0.15, -0.1) is 0 Å². The Labute approximate surface area is 119 Å². The van der Waals surface area contributed by atoms with Gasteiger partial charge in [0.1, 0.15) is 5.54 Å². The van der Waals surface area contributed by atoms with Crippen molar-refractivity contribution < 1.29 is 9.59 Å². The lowest BCUT2D eigenvalue weighted by Gasteiger charge is -2.29. The fourth-order valence-corrected chi connectivity index (χ4v) is 2.30. The van der Waals surface area contributed by atoms with Crippen LogP contribution in [0.3, 0.4) is 0 Å². The second kappa shape index (κ2) is 5.15. The normalized spacial score (nSPS) is 18.5. The average molecular weight is 275 g/mol. The summed E-state index contributed by atoms with van der Waals surface area (Å²) in [5.74, 6) is -0.172. The van der Waals surface area contributed by atoms with Gasteiger partial charge in [0.05, 0.1) is 0 Å². The lowest BCUT2D eigenvalue weighted by molar-refractivity contribution is -0.128. The van der Waals surface area contributed by atoms with Crippen LogP contribution in [-0.4, -0.2) is 38.0 Å². The number of anilines is 2. The standard InChI is InChI=1S/C15H21N3O2/c1-15(2)14(20)18(9-8-13(19)16-15)12-7-5-6-11(10-12)17(3)4/h5-7,10H,8-9H2,1-4H3,(H,16,19). The van der Waals surface area contributed by atoms with Gasteiger partial charge >= 0.3 is 0 Å². The van der Waals surface area contributed by atoms with Crippen molar-refractivity contribution in [2.24, 2.45) is 0 Å². The molecule has 0 atom stereocenters. The van der Waals surface area contributed by atoms with Crippen LogP contribution in [0.1, 0.15) is 20.3 Å². The van der Waals surface area contributed by atoms with Crippen LogP contribution in [0.2, 0.25) is 0 Å². The van der Waals surface area contributed by atoms with Gasteiger partial charge < -0.3 is 15.1 Å². The van der Waals surface area contributed by atoms with Crippen LogP contribution < -0.4 is 15.1 Å². The van der Waals surface area contributed by atoms with E-state index in [1.165, 1.54) is 0 Å². The van der Waals surface area contributed by atoms with E-state index in [0.717, 1.165) is 11.4 Å². The summed E-state index contributed by atoms with van der Waals surface area (Å²) in [6, 6.07) is 7.77. The van der Waals surface area contributed by atoms with E-state index >= 15 is 0 Å². The third-order valence-corrected chi connectivity index (χ3v) is 3.45. The highest BCUT2D eigenvalue weighted by molar-refractivity contribution is 6.03. The highest BCUT2D eigenvalue weighted by atomic mass is 16.2. The zero-order valence-corrected chi connectivity index (χ0v) is 12.4. The van der Waals surface area contributed by atoms with Crippen LogP contribution in [0.5, 0.6) is 0 Å². The number of nitrogens with one attached hydrogen (secondary N) is 1. The van der Waals surface area contributed by atoms with Crippen molar-refractivity contribution in [3.05, 3.63) is 24.3 Å². The van der Waals surface area contributed by atoms with E-state index < -0.39 is 5.54 Å². The molecule has 1 aromatic rings. The third-order valence-electron chi connectivity index (χ3n) is 3.45. The molecule has 0 spiro atoms. The summed E-state index contributed by atoms with van der Waals surface area (Å²) in [6.07, 6.45) is 0.321. The Hall–Kier alpha value is -2.04. The predicted molar refractivity (Wildman–Crippen MR) is 80.0 cm³/mol. The molecule has 5 heteroatoms. The van der Waals surface area contributed by atoms with Crippen molar-refractivity contribution >= 4 is 23.2 Å². The van der Waals surface area contributed by atoms with Crippen LogP contribution in [0.15, 0.2) is 24.3 Å². The Kier molecular flexibility index (Phi) is 3.70. The first kappa shape index (κ1) is 14.4. The van der Waals surface area contributed by atoms with Gasteiger partial charge in [0.2, 0.25) is 5.91 Å². The first-order chi connectivity index (χ1) is 9.31. The molecule has 0 unspecified atom stereocenters.